The molecule has 0 bridgehead atoms. The highest BCUT2D eigenvalue weighted by Crippen LogP contribution is 2.21. The molecule has 0 fully saturated rings. The minimum Gasteiger partial charge on any atom is -0.355 e. The van der Waals surface area contributed by atoms with Gasteiger partial charge in [0, 0.05) is 29.2 Å². The Balaban J connectivity index is 0.00000272. The molecule has 0 aliphatic heterocycles. The van der Waals surface area contributed by atoms with Gasteiger partial charge in [-0.25, -0.2) is 0 Å². The van der Waals surface area contributed by atoms with Crippen LogP contribution in [0.4, 0.5) is 5.13 Å². The molecule has 2 aromatic heterocycles. The number of aromatic nitrogens is 4. The number of carbonyl (C=O) groups is 2. The molecule has 0 radical (unpaired) electrons. The average Bonchev–Trinajstić information content (AvgIpc) is 3.37. The number of nitrogens with zero attached hydrogens (tertiary/aromatic N) is 4. The third kappa shape index (κ3) is 7.67. The van der Waals surface area contributed by atoms with E-state index in [9.17, 15) is 9.59 Å². The Morgan fingerprint density at radius 2 is 1.71 bits per heavy atom. The number of rotatable bonds is 11. The number of nitrogens with one attached hydrogen (secondary N) is 2. The quantitative estimate of drug-likeness (QED) is 0.404. The van der Waals surface area contributed by atoms with E-state index in [2.05, 4.69) is 31.0 Å². The van der Waals surface area contributed by atoms with Crippen LogP contribution in [0.3, 0.4) is 0 Å². The van der Waals surface area contributed by atoms with Crippen molar-refractivity contribution in [1.82, 2.24) is 25.7 Å². The predicted octanol–water partition coefficient (Wildman–Crippen LogP) is 3.57. The largest absolute Gasteiger partial charge is 0.355 e. The summed E-state index contributed by atoms with van der Waals surface area (Å²) in [5.41, 5.74) is 0.834. The maximum Gasteiger partial charge on any atom is 0.235 e. The first kappa shape index (κ1) is 23.3. The van der Waals surface area contributed by atoms with Crippen LogP contribution in [0, 0.1) is 6.92 Å². The standard InChI is InChI=1S/C20H24N6O2S3.2H2/c1-13(27)21-12-16(15-6-4-3-5-7-15)19(28)22-20-26-25-18(31-20)9-11-29-10-8-17-24-23-14(2)30-17;;/h3-7,16H,8-12H2,1-2H3,(H,21,27)(H,22,26,28);2*1H. The Bertz CT molecular complexity index is 1000. The van der Waals surface area contributed by atoms with Gasteiger partial charge in [0.25, 0.3) is 0 Å². The van der Waals surface area contributed by atoms with Crippen LogP contribution in [0.5, 0.6) is 0 Å². The van der Waals surface area contributed by atoms with Gasteiger partial charge >= 0.3 is 0 Å². The summed E-state index contributed by atoms with van der Waals surface area (Å²) < 4.78 is 0. The summed E-state index contributed by atoms with van der Waals surface area (Å²) in [5.74, 6) is 1.01. The minimum atomic E-state index is -0.503. The Morgan fingerprint density at radius 3 is 2.35 bits per heavy atom. The van der Waals surface area contributed by atoms with Crippen LogP contribution in [0.1, 0.15) is 36.3 Å². The van der Waals surface area contributed by atoms with Gasteiger partial charge in [0.1, 0.15) is 15.0 Å². The van der Waals surface area contributed by atoms with Crippen LogP contribution in [-0.2, 0) is 22.4 Å². The number of thioether (sulfide) groups is 1. The van der Waals surface area contributed by atoms with E-state index in [1.54, 1.807) is 11.3 Å². The monoisotopic (exact) mass is 480 g/mol. The third-order valence-corrected chi connectivity index (χ3v) is 7.04. The SMILES string of the molecule is CC(=O)NCC(C(=O)Nc1nnc(CCSCCc2nnc(C)s2)s1)c1ccccc1.[HH].[HH]. The second-order valence-corrected chi connectivity index (χ2v) is 10.3. The highest BCUT2D eigenvalue weighted by Gasteiger charge is 2.22. The van der Waals surface area contributed by atoms with Crippen molar-refractivity contribution in [3.63, 3.8) is 0 Å². The van der Waals surface area contributed by atoms with Gasteiger partial charge in [0.2, 0.25) is 16.9 Å². The first-order valence-electron chi connectivity index (χ1n) is 9.80. The fourth-order valence-corrected chi connectivity index (χ4v) is 5.34. The molecule has 0 spiro atoms. The lowest BCUT2D eigenvalue weighted by atomic mass is 9.98. The summed E-state index contributed by atoms with van der Waals surface area (Å²) in [4.78, 5) is 24.2. The zero-order chi connectivity index (χ0) is 22.1. The van der Waals surface area contributed by atoms with Crippen molar-refractivity contribution in [2.75, 3.05) is 23.4 Å². The average molecular weight is 481 g/mol. The number of anilines is 1. The van der Waals surface area contributed by atoms with Crippen LogP contribution in [0.25, 0.3) is 0 Å². The molecule has 2 amide bonds. The van der Waals surface area contributed by atoms with Crippen molar-refractivity contribution in [2.24, 2.45) is 0 Å². The number of hydrogen-bond acceptors (Lipinski definition) is 9. The Kier molecular flexibility index (Phi) is 8.92. The topological polar surface area (TPSA) is 110 Å². The highest BCUT2D eigenvalue weighted by molar-refractivity contribution is 7.99. The first-order chi connectivity index (χ1) is 15.0. The number of carbonyl (C=O) groups excluding carboxylic acids is 2. The third-order valence-electron chi connectivity index (χ3n) is 4.26. The summed E-state index contributed by atoms with van der Waals surface area (Å²) in [7, 11) is 0. The van der Waals surface area contributed by atoms with Crippen LogP contribution < -0.4 is 10.6 Å². The van der Waals surface area contributed by atoms with Crippen LogP contribution in [0.2, 0.25) is 0 Å². The fraction of sp³-hybridized carbons (Fsp3) is 0.400. The van der Waals surface area contributed by atoms with Gasteiger partial charge in [-0.3, -0.25) is 14.9 Å². The van der Waals surface area contributed by atoms with E-state index in [1.165, 1.54) is 18.3 Å². The van der Waals surface area contributed by atoms with E-state index < -0.39 is 5.92 Å². The Hall–Kier alpha value is -2.37. The van der Waals surface area contributed by atoms with Crippen molar-refractivity contribution in [1.29, 1.82) is 0 Å². The fourth-order valence-electron chi connectivity index (χ4n) is 2.75. The lowest BCUT2D eigenvalue weighted by Crippen LogP contribution is -2.33. The molecule has 1 unspecified atom stereocenters. The number of amides is 2. The number of aryl methyl sites for hydroxylation is 3. The Morgan fingerprint density at radius 1 is 1.03 bits per heavy atom. The summed E-state index contributed by atoms with van der Waals surface area (Å²) in [5, 5.41) is 25.4. The number of benzene rings is 1. The van der Waals surface area contributed by atoms with Gasteiger partial charge in [-0.1, -0.05) is 41.7 Å². The molecule has 11 heteroatoms. The zero-order valence-corrected chi connectivity index (χ0v) is 19.8. The molecule has 0 aliphatic carbocycles. The molecule has 8 nitrogen and oxygen atoms in total. The maximum absolute atomic E-state index is 12.8. The lowest BCUT2D eigenvalue weighted by Gasteiger charge is -2.16. The van der Waals surface area contributed by atoms with Gasteiger partial charge in [-0.15, -0.1) is 31.7 Å². The van der Waals surface area contributed by atoms with E-state index in [-0.39, 0.29) is 21.2 Å². The molecule has 0 saturated heterocycles. The molecule has 0 aliphatic rings. The van der Waals surface area contributed by atoms with Crippen LogP contribution in [-0.4, -0.2) is 50.3 Å². The second-order valence-electron chi connectivity index (χ2n) is 6.72. The molecular weight excluding hydrogens is 452 g/mol. The van der Waals surface area contributed by atoms with Crippen molar-refractivity contribution in [2.45, 2.75) is 32.6 Å². The molecular formula is C20H28N6O2S3. The summed E-state index contributed by atoms with van der Waals surface area (Å²) >= 11 is 4.86. The molecule has 0 saturated carbocycles. The summed E-state index contributed by atoms with van der Waals surface area (Å²) in [6.45, 7) is 3.62. The molecule has 2 heterocycles. The normalized spacial score (nSPS) is 11.8. The van der Waals surface area contributed by atoms with E-state index in [0.29, 0.717) is 5.13 Å². The highest BCUT2D eigenvalue weighted by atomic mass is 32.2. The van der Waals surface area contributed by atoms with Gasteiger partial charge in [0.05, 0.1) is 5.92 Å². The Labute approximate surface area is 196 Å². The van der Waals surface area contributed by atoms with E-state index in [4.69, 9.17) is 0 Å². The molecule has 1 aromatic carbocycles. The lowest BCUT2D eigenvalue weighted by molar-refractivity contribution is -0.119. The summed E-state index contributed by atoms with van der Waals surface area (Å²) in [6.07, 6.45) is 1.71. The van der Waals surface area contributed by atoms with Crippen LogP contribution >= 0.6 is 34.4 Å². The van der Waals surface area contributed by atoms with Crippen LogP contribution in [0.15, 0.2) is 30.3 Å². The molecule has 3 aromatic rings. The first-order valence-corrected chi connectivity index (χ1v) is 12.6. The van der Waals surface area contributed by atoms with Gasteiger partial charge < -0.3 is 5.32 Å². The van der Waals surface area contributed by atoms with E-state index >= 15 is 0 Å². The molecule has 3 rings (SSSR count). The van der Waals surface area contributed by atoms with Crippen molar-refractivity contribution in [3.05, 3.63) is 50.9 Å². The summed E-state index contributed by atoms with van der Waals surface area (Å²) in [6, 6.07) is 9.38. The van der Waals surface area contributed by atoms with E-state index in [0.717, 1.165) is 44.9 Å². The molecule has 2 N–H and O–H groups in total. The molecule has 1 atom stereocenters. The van der Waals surface area contributed by atoms with Gasteiger partial charge in [0.15, 0.2) is 0 Å². The maximum atomic E-state index is 12.8. The predicted molar refractivity (Wildman–Crippen MR) is 130 cm³/mol. The second kappa shape index (κ2) is 11.9. The van der Waals surface area contributed by atoms with Crippen molar-refractivity contribution < 1.29 is 12.4 Å². The number of hydrogen-bond donors (Lipinski definition) is 2. The zero-order valence-electron chi connectivity index (χ0n) is 17.3. The van der Waals surface area contributed by atoms with Crippen molar-refractivity contribution >= 4 is 51.4 Å². The van der Waals surface area contributed by atoms with E-state index in [1.807, 2.05) is 49.0 Å². The molecule has 31 heavy (non-hydrogen) atoms. The van der Waals surface area contributed by atoms with Gasteiger partial charge in [-0.2, -0.15) is 11.8 Å². The van der Waals surface area contributed by atoms with Gasteiger partial charge in [-0.05, 0) is 24.0 Å². The molecule has 168 valence electrons. The van der Waals surface area contributed by atoms with Crippen molar-refractivity contribution in [3.8, 4) is 0 Å². The smallest absolute Gasteiger partial charge is 0.235 e. The minimum absolute atomic E-state index is 0.